The van der Waals surface area contributed by atoms with Crippen molar-refractivity contribution >= 4 is 29.0 Å². The summed E-state index contributed by atoms with van der Waals surface area (Å²) in [5.41, 5.74) is 0.677. The monoisotopic (exact) mass is 260 g/mol. The van der Waals surface area contributed by atoms with Gasteiger partial charge in [-0.25, -0.2) is 0 Å². The molecule has 0 N–H and O–H groups in total. The van der Waals surface area contributed by atoms with E-state index in [1.54, 1.807) is 18.2 Å². The van der Waals surface area contributed by atoms with E-state index in [1.807, 2.05) is 6.92 Å². The Labute approximate surface area is 106 Å². The number of ketones is 1. The third-order valence-electron chi connectivity index (χ3n) is 2.05. The van der Waals surface area contributed by atoms with E-state index in [1.165, 1.54) is 0 Å². The minimum atomic E-state index is -0.0107. The highest BCUT2D eigenvalue weighted by Gasteiger charge is 2.10. The van der Waals surface area contributed by atoms with Gasteiger partial charge < -0.3 is 4.74 Å². The molecule has 0 fully saturated rings. The molecule has 1 aromatic carbocycles. The molecule has 0 saturated heterocycles. The first-order valence-corrected chi connectivity index (χ1v) is 5.93. The van der Waals surface area contributed by atoms with Crippen molar-refractivity contribution < 1.29 is 9.53 Å². The molecule has 0 spiro atoms. The van der Waals surface area contributed by atoms with E-state index in [0.717, 1.165) is 6.42 Å². The average molecular weight is 261 g/mol. The summed E-state index contributed by atoms with van der Waals surface area (Å²) in [5.74, 6) is -0.0107. The maximum absolute atomic E-state index is 11.5. The second kappa shape index (κ2) is 6.89. The summed E-state index contributed by atoms with van der Waals surface area (Å²) >= 11 is 11.9. The predicted molar refractivity (Wildman–Crippen MR) is 66.3 cm³/mol. The van der Waals surface area contributed by atoms with Crippen molar-refractivity contribution in [2.24, 2.45) is 0 Å². The zero-order valence-corrected chi connectivity index (χ0v) is 10.6. The van der Waals surface area contributed by atoms with Crippen molar-refractivity contribution in [1.82, 2.24) is 0 Å². The molecule has 4 heteroatoms. The summed E-state index contributed by atoms with van der Waals surface area (Å²) < 4.78 is 5.16. The van der Waals surface area contributed by atoms with Crippen LogP contribution in [-0.4, -0.2) is 19.0 Å². The predicted octanol–water partition coefficient (Wildman–Crippen LogP) is 3.53. The van der Waals surface area contributed by atoms with Crippen molar-refractivity contribution in [3.63, 3.8) is 0 Å². The Balaban J connectivity index is 2.56. The minimum Gasteiger partial charge on any atom is -0.374 e. The van der Waals surface area contributed by atoms with Crippen molar-refractivity contribution in [3.05, 3.63) is 33.8 Å². The molecule has 0 saturated carbocycles. The van der Waals surface area contributed by atoms with Crippen molar-refractivity contribution in [2.45, 2.75) is 19.8 Å². The largest absolute Gasteiger partial charge is 0.374 e. The molecular weight excluding hydrogens is 247 g/mol. The maximum Gasteiger partial charge on any atom is 0.162 e. The zero-order valence-electron chi connectivity index (χ0n) is 9.13. The van der Waals surface area contributed by atoms with Crippen molar-refractivity contribution in [2.75, 3.05) is 13.2 Å². The first kappa shape index (κ1) is 13.5. The van der Waals surface area contributed by atoms with Gasteiger partial charge >= 0.3 is 0 Å². The molecular formula is C12H14Cl2O2. The van der Waals surface area contributed by atoms with E-state index in [2.05, 4.69) is 0 Å². The van der Waals surface area contributed by atoms with Gasteiger partial charge in [-0.1, -0.05) is 36.2 Å². The number of hydrogen-bond acceptors (Lipinski definition) is 2. The van der Waals surface area contributed by atoms with Crippen LogP contribution in [0, 0.1) is 0 Å². The van der Waals surface area contributed by atoms with Crippen LogP contribution in [0.1, 0.15) is 18.9 Å². The number of rotatable bonds is 6. The van der Waals surface area contributed by atoms with Crippen molar-refractivity contribution in [3.8, 4) is 0 Å². The number of ether oxygens (including phenoxy) is 1. The van der Waals surface area contributed by atoms with Gasteiger partial charge in [-0.2, -0.15) is 0 Å². The molecule has 0 aliphatic carbocycles. The van der Waals surface area contributed by atoms with E-state index in [0.29, 0.717) is 22.2 Å². The van der Waals surface area contributed by atoms with Crippen molar-refractivity contribution in [1.29, 1.82) is 0 Å². The van der Waals surface area contributed by atoms with E-state index >= 15 is 0 Å². The number of carbonyl (C=O) groups excluding carboxylic acids is 1. The van der Waals surface area contributed by atoms with Gasteiger partial charge in [-0.05, 0) is 24.1 Å². The Hall–Kier alpha value is -0.570. The Morgan fingerprint density at radius 2 is 1.94 bits per heavy atom. The SMILES string of the molecule is CCCOCC(=O)Cc1c(Cl)cccc1Cl. The number of carbonyl (C=O) groups is 1. The second-order valence-electron chi connectivity index (χ2n) is 3.47. The summed E-state index contributed by atoms with van der Waals surface area (Å²) in [6.07, 6.45) is 1.13. The molecule has 0 aliphatic rings. The fraction of sp³-hybridized carbons (Fsp3) is 0.417. The Morgan fingerprint density at radius 3 is 2.50 bits per heavy atom. The van der Waals surface area contributed by atoms with E-state index in [9.17, 15) is 4.79 Å². The quantitative estimate of drug-likeness (QED) is 0.732. The fourth-order valence-corrected chi connectivity index (χ4v) is 1.81. The number of hydrogen-bond donors (Lipinski definition) is 0. The van der Waals surface area contributed by atoms with Crippen LogP contribution in [0.5, 0.6) is 0 Å². The summed E-state index contributed by atoms with van der Waals surface area (Å²) in [6, 6.07) is 5.21. The highest BCUT2D eigenvalue weighted by Crippen LogP contribution is 2.24. The number of benzene rings is 1. The second-order valence-corrected chi connectivity index (χ2v) is 4.28. The summed E-state index contributed by atoms with van der Waals surface area (Å²) in [4.78, 5) is 11.5. The van der Waals surface area contributed by atoms with Gasteiger partial charge in [-0.3, -0.25) is 4.79 Å². The molecule has 0 heterocycles. The fourth-order valence-electron chi connectivity index (χ4n) is 1.28. The molecule has 0 aromatic heterocycles. The van der Waals surface area contributed by atoms with Crippen LogP contribution in [0.4, 0.5) is 0 Å². The highest BCUT2D eigenvalue weighted by molar-refractivity contribution is 6.36. The van der Waals surface area contributed by atoms with Crippen LogP contribution in [0.15, 0.2) is 18.2 Å². The summed E-state index contributed by atoms with van der Waals surface area (Å²) in [7, 11) is 0. The molecule has 1 aromatic rings. The van der Waals surface area contributed by atoms with Crippen LogP contribution < -0.4 is 0 Å². The first-order chi connectivity index (χ1) is 7.65. The Bertz CT molecular complexity index is 344. The van der Waals surface area contributed by atoms with Gasteiger partial charge in [-0.15, -0.1) is 0 Å². The summed E-state index contributed by atoms with van der Waals surface area (Å²) in [6.45, 7) is 2.72. The summed E-state index contributed by atoms with van der Waals surface area (Å²) in [5, 5.41) is 1.05. The van der Waals surface area contributed by atoms with E-state index in [4.69, 9.17) is 27.9 Å². The molecule has 1 rings (SSSR count). The third-order valence-corrected chi connectivity index (χ3v) is 2.76. The van der Waals surface area contributed by atoms with Gasteiger partial charge in [0.1, 0.15) is 6.61 Å². The van der Waals surface area contributed by atoms with Crippen LogP contribution in [0.25, 0.3) is 0 Å². The number of halogens is 2. The van der Waals surface area contributed by atoms with Crippen LogP contribution in [-0.2, 0) is 16.0 Å². The molecule has 0 unspecified atom stereocenters. The lowest BCUT2D eigenvalue weighted by molar-refractivity contribution is -0.122. The highest BCUT2D eigenvalue weighted by atomic mass is 35.5. The number of Topliss-reactive ketones (excluding diaryl/α,β-unsaturated/α-hetero) is 1. The molecule has 0 amide bonds. The normalized spacial score (nSPS) is 10.4. The van der Waals surface area contributed by atoms with Gasteiger partial charge in [0.2, 0.25) is 0 Å². The maximum atomic E-state index is 11.5. The van der Waals surface area contributed by atoms with Gasteiger partial charge in [0.15, 0.2) is 5.78 Å². The Morgan fingerprint density at radius 1 is 1.31 bits per heavy atom. The van der Waals surface area contributed by atoms with E-state index in [-0.39, 0.29) is 18.8 Å². The van der Waals surface area contributed by atoms with Crippen LogP contribution in [0.3, 0.4) is 0 Å². The Kier molecular flexibility index (Phi) is 5.81. The zero-order chi connectivity index (χ0) is 12.0. The van der Waals surface area contributed by atoms with E-state index < -0.39 is 0 Å². The van der Waals surface area contributed by atoms with Gasteiger partial charge in [0.05, 0.1) is 0 Å². The molecule has 16 heavy (non-hydrogen) atoms. The smallest absolute Gasteiger partial charge is 0.162 e. The lowest BCUT2D eigenvalue weighted by atomic mass is 10.1. The molecule has 0 radical (unpaired) electrons. The molecule has 0 bridgehead atoms. The minimum absolute atomic E-state index is 0.0107. The molecule has 2 nitrogen and oxygen atoms in total. The van der Waals surface area contributed by atoms with Crippen LogP contribution in [0.2, 0.25) is 10.0 Å². The standard InChI is InChI=1S/C12H14Cl2O2/c1-2-6-16-8-9(15)7-10-11(13)4-3-5-12(10)14/h3-5H,2,6-8H2,1H3. The van der Waals surface area contributed by atoms with Crippen LogP contribution >= 0.6 is 23.2 Å². The lowest BCUT2D eigenvalue weighted by Crippen LogP contribution is -2.12. The molecule has 88 valence electrons. The topological polar surface area (TPSA) is 26.3 Å². The first-order valence-electron chi connectivity index (χ1n) is 5.17. The third kappa shape index (κ3) is 4.12. The molecule has 0 atom stereocenters. The average Bonchev–Trinajstić information content (AvgIpc) is 2.24. The lowest BCUT2D eigenvalue weighted by Gasteiger charge is -2.06. The van der Waals surface area contributed by atoms with Gasteiger partial charge in [0.25, 0.3) is 0 Å². The van der Waals surface area contributed by atoms with Gasteiger partial charge in [0, 0.05) is 23.1 Å². The molecule has 0 aliphatic heterocycles.